The number of ether oxygens (including phenoxy) is 1. The van der Waals surface area contributed by atoms with E-state index in [2.05, 4.69) is 34.5 Å². The minimum atomic E-state index is 0.355. The Hall–Kier alpha value is -2.18. The van der Waals surface area contributed by atoms with Crippen LogP contribution in [0.25, 0.3) is 0 Å². The van der Waals surface area contributed by atoms with Gasteiger partial charge in [0.15, 0.2) is 0 Å². The molecule has 2 aromatic heterocycles. The molecule has 5 nitrogen and oxygen atoms in total. The summed E-state index contributed by atoms with van der Waals surface area (Å²) in [4.78, 5) is 4.40. The average Bonchev–Trinajstić information content (AvgIpc) is 3.24. The third-order valence-electron chi connectivity index (χ3n) is 3.65. The first-order chi connectivity index (χ1) is 11.7. The van der Waals surface area contributed by atoms with Crippen molar-refractivity contribution in [2.75, 3.05) is 0 Å². The third-order valence-corrected chi connectivity index (χ3v) is 4.47. The highest BCUT2D eigenvalue weighted by Gasteiger charge is 2.04. The monoisotopic (exact) mass is 342 g/mol. The fourth-order valence-corrected chi connectivity index (χ4v) is 2.98. The molecule has 0 bridgehead atoms. The van der Waals surface area contributed by atoms with Crippen molar-refractivity contribution < 1.29 is 4.74 Å². The van der Waals surface area contributed by atoms with Crippen LogP contribution in [0.1, 0.15) is 23.2 Å². The van der Waals surface area contributed by atoms with Gasteiger partial charge < -0.3 is 10.1 Å². The molecule has 24 heavy (non-hydrogen) atoms. The highest BCUT2D eigenvalue weighted by atomic mass is 32.1. The summed E-state index contributed by atoms with van der Waals surface area (Å²) in [6.07, 6.45) is 3.78. The van der Waals surface area contributed by atoms with Gasteiger partial charge in [0.1, 0.15) is 12.4 Å². The first-order valence-corrected chi connectivity index (χ1v) is 8.90. The number of benzene rings is 1. The lowest BCUT2D eigenvalue weighted by Gasteiger charge is -2.14. The van der Waals surface area contributed by atoms with Crippen LogP contribution in [-0.2, 0) is 19.7 Å². The summed E-state index contributed by atoms with van der Waals surface area (Å²) in [5.41, 5.74) is 2.22. The molecule has 1 N–H and O–H groups in total. The van der Waals surface area contributed by atoms with Crippen molar-refractivity contribution in [2.45, 2.75) is 39.6 Å². The highest BCUT2D eigenvalue weighted by molar-refractivity contribution is 7.09. The lowest BCUT2D eigenvalue weighted by Crippen LogP contribution is -2.30. The van der Waals surface area contributed by atoms with E-state index in [-0.39, 0.29) is 0 Å². The zero-order valence-electron chi connectivity index (χ0n) is 14.0. The molecular weight excluding hydrogens is 320 g/mol. The normalized spacial score (nSPS) is 12.2. The Morgan fingerprint density at radius 3 is 2.79 bits per heavy atom. The van der Waals surface area contributed by atoms with Crippen LogP contribution in [0, 0.1) is 6.92 Å². The molecule has 1 unspecified atom stereocenters. The van der Waals surface area contributed by atoms with Crippen LogP contribution in [-0.4, -0.2) is 20.8 Å². The van der Waals surface area contributed by atoms with Crippen LogP contribution < -0.4 is 10.1 Å². The van der Waals surface area contributed by atoms with E-state index in [0.717, 1.165) is 29.5 Å². The molecule has 0 radical (unpaired) electrons. The second kappa shape index (κ2) is 8.08. The fraction of sp³-hybridized carbons (Fsp3) is 0.333. The van der Waals surface area contributed by atoms with Crippen LogP contribution in [0.3, 0.4) is 0 Å². The maximum atomic E-state index is 5.77. The van der Waals surface area contributed by atoms with Crippen LogP contribution in [0.2, 0.25) is 0 Å². The second-order valence-electron chi connectivity index (χ2n) is 5.80. The summed E-state index contributed by atoms with van der Waals surface area (Å²) in [7, 11) is 0. The van der Waals surface area contributed by atoms with Crippen molar-refractivity contribution in [3.05, 3.63) is 64.4 Å². The van der Waals surface area contributed by atoms with E-state index >= 15 is 0 Å². The summed E-state index contributed by atoms with van der Waals surface area (Å²) in [6.45, 7) is 6.37. The molecule has 0 aliphatic heterocycles. The molecule has 0 aliphatic carbocycles. The standard InChI is InChI=1S/C18H22N4OS/c1-14(11-22-9-3-8-20-22)19-10-16-4-6-18(7-5-16)23-12-17-13-24-15(2)21-17/h3-9,13-14,19H,10-12H2,1-2H3. The number of hydrogen-bond acceptors (Lipinski definition) is 5. The third kappa shape index (κ3) is 4.91. The fourth-order valence-electron chi connectivity index (χ4n) is 2.38. The lowest BCUT2D eigenvalue weighted by atomic mass is 10.2. The van der Waals surface area contributed by atoms with Crippen LogP contribution in [0.4, 0.5) is 0 Å². The van der Waals surface area contributed by atoms with E-state index in [1.807, 2.05) is 41.4 Å². The number of nitrogens with one attached hydrogen (secondary N) is 1. The summed E-state index contributed by atoms with van der Waals surface area (Å²) in [5, 5.41) is 10.8. The SMILES string of the molecule is Cc1nc(COc2ccc(CNC(C)Cn3cccn3)cc2)cs1. The maximum absolute atomic E-state index is 5.77. The van der Waals surface area contributed by atoms with Gasteiger partial charge in [-0.1, -0.05) is 12.1 Å². The molecule has 0 aliphatic rings. The topological polar surface area (TPSA) is 52.0 Å². The predicted octanol–water partition coefficient (Wildman–Crippen LogP) is 3.41. The maximum Gasteiger partial charge on any atom is 0.131 e. The number of hydrogen-bond donors (Lipinski definition) is 1. The van der Waals surface area contributed by atoms with Gasteiger partial charge in [-0.2, -0.15) is 5.10 Å². The molecule has 1 aromatic carbocycles. The minimum absolute atomic E-state index is 0.355. The molecule has 2 heterocycles. The van der Waals surface area contributed by atoms with Gasteiger partial charge in [0.25, 0.3) is 0 Å². The van der Waals surface area contributed by atoms with Gasteiger partial charge >= 0.3 is 0 Å². The smallest absolute Gasteiger partial charge is 0.131 e. The predicted molar refractivity (Wildman–Crippen MR) is 96.2 cm³/mol. The zero-order valence-corrected chi connectivity index (χ0v) is 14.8. The number of thiazole rings is 1. The molecule has 126 valence electrons. The largest absolute Gasteiger partial charge is 0.487 e. The van der Waals surface area contributed by atoms with Crippen LogP contribution in [0.15, 0.2) is 48.1 Å². The molecule has 0 spiro atoms. The van der Waals surface area contributed by atoms with Gasteiger partial charge in [0.2, 0.25) is 0 Å². The Bertz CT molecular complexity index is 737. The van der Waals surface area contributed by atoms with Gasteiger partial charge in [-0.3, -0.25) is 4.68 Å². The van der Waals surface area contributed by atoms with E-state index < -0.39 is 0 Å². The van der Waals surface area contributed by atoms with E-state index in [4.69, 9.17) is 4.74 Å². The average molecular weight is 342 g/mol. The Morgan fingerprint density at radius 1 is 1.29 bits per heavy atom. The van der Waals surface area contributed by atoms with Crippen LogP contribution >= 0.6 is 11.3 Å². The number of rotatable bonds is 8. The van der Waals surface area contributed by atoms with Crippen molar-refractivity contribution >= 4 is 11.3 Å². The van der Waals surface area contributed by atoms with Crippen molar-refractivity contribution in [3.8, 4) is 5.75 Å². The molecule has 6 heteroatoms. The Labute approximate surface area is 146 Å². The first kappa shape index (κ1) is 16.7. The minimum Gasteiger partial charge on any atom is -0.487 e. The molecule has 1 atom stereocenters. The molecule has 3 aromatic rings. The number of aryl methyl sites for hydroxylation is 1. The van der Waals surface area contributed by atoms with E-state index in [1.165, 1.54) is 5.56 Å². The Morgan fingerprint density at radius 2 is 2.12 bits per heavy atom. The number of aromatic nitrogens is 3. The van der Waals surface area contributed by atoms with Crippen molar-refractivity contribution in [1.29, 1.82) is 0 Å². The van der Waals surface area contributed by atoms with Crippen molar-refractivity contribution in [1.82, 2.24) is 20.1 Å². The summed E-state index contributed by atoms with van der Waals surface area (Å²) < 4.78 is 7.71. The Kier molecular flexibility index (Phi) is 5.61. The van der Waals surface area contributed by atoms with Crippen molar-refractivity contribution in [3.63, 3.8) is 0 Å². The van der Waals surface area contributed by atoms with Gasteiger partial charge in [0, 0.05) is 30.4 Å². The van der Waals surface area contributed by atoms with Gasteiger partial charge in [-0.15, -0.1) is 11.3 Å². The quantitative estimate of drug-likeness (QED) is 0.682. The molecular formula is C18H22N4OS. The molecule has 0 fully saturated rings. The molecule has 0 amide bonds. The number of nitrogens with zero attached hydrogens (tertiary/aromatic N) is 3. The van der Waals surface area contributed by atoms with Gasteiger partial charge in [-0.25, -0.2) is 4.98 Å². The van der Waals surface area contributed by atoms with E-state index in [1.54, 1.807) is 17.5 Å². The summed E-state index contributed by atoms with van der Waals surface area (Å²) >= 11 is 1.65. The molecule has 0 saturated heterocycles. The summed E-state index contributed by atoms with van der Waals surface area (Å²) in [6, 6.07) is 10.5. The molecule has 0 saturated carbocycles. The lowest BCUT2D eigenvalue weighted by molar-refractivity contribution is 0.302. The molecule has 3 rings (SSSR count). The van der Waals surface area contributed by atoms with Gasteiger partial charge in [-0.05, 0) is 37.6 Å². The highest BCUT2D eigenvalue weighted by Crippen LogP contribution is 2.15. The van der Waals surface area contributed by atoms with E-state index in [9.17, 15) is 0 Å². The zero-order chi connectivity index (χ0) is 16.8. The second-order valence-corrected chi connectivity index (χ2v) is 6.86. The van der Waals surface area contributed by atoms with Crippen molar-refractivity contribution in [2.24, 2.45) is 0 Å². The van der Waals surface area contributed by atoms with E-state index in [0.29, 0.717) is 12.6 Å². The van der Waals surface area contributed by atoms with Gasteiger partial charge in [0.05, 0.1) is 17.2 Å². The van der Waals surface area contributed by atoms with Crippen LogP contribution in [0.5, 0.6) is 5.75 Å². The Balaban J connectivity index is 1.44. The summed E-state index contributed by atoms with van der Waals surface area (Å²) in [5.74, 6) is 0.869. The first-order valence-electron chi connectivity index (χ1n) is 8.02.